The van der Waals surface area contributed by atoms with Gasteiger partial charge in [0.1, 0.15) is 6.04 Å². The number of amides is 2. The van der Waals surface area contributed by atoms with Gasteiger partial charge in [-0.05, 0) is 64.8 Å². The van der Waals surface area contributed by atoms with E-state index in [1.807, 2.05) is 46.8 Å². The molecule has 2 aromatic rings. The third-order valence-electron chi connectivity index (χ3n) is 4.66. The highest BCUT2D eigenvalue weighted by Gasteiger charge is 2.29. The minimum absolute atomic E-state index is 0.137. The van der Waals surface area contributed by atoms with E-state index in [4.69, 9.17) is 23.2 Å². The molecule has 6 heteroatoms. The summed E-state index contributed by atoms with van der Waals surface area (Å²) in [6.07, 6.45) is 0.209. The number of aryl methyl sites for hydroxylation is 2. The first-order valence-electron chi connectivity index (χ1n) is 9.98. The molecule has 0 spiro atoms. The molecule has 1 atom stereocenters. The standard InChI is InChI=1S/C24H30Cl2N2O2/c1-15-9-16(2)11-18(10-15)12-22(29)28(17(3)23(30)27-24(4,5)6)14-19-7-8-20(25)13-21(19)26/h7-11,13,17H,12,14H2,1-6H3,(H,27,30)/t17-/m0/s1. The van der Waals surface area contributed by atoms with E-state index < -0.39 is 11.6 Å². The van der Waals surface area contributed by atoms with Crippen molar-refractivity contribution in [2.24, 2.45) is 0 Å². The van der Waals surface area contributed by atoms with Crippen molar-refractivity contribution in [3.8, 4) is 0 Å². The van der Waals surface area contributed by atoms with Crippen LogP contribution in [0.5, 0.6) is 0 Å². The SMILES string of the molecule is Cc1cc(C)cc(CC(=O)N(Cc2ccc(Cl)cc2Cl)[C@@H](C)C(=O)NC(C)(C)C)c1. The number of hydrogen-bond acceptors (Lipinski definition) is 2. The van der Waals surface area contributed by atoms with E-state index in [1.54, 1.807) is 30.0 Å². The molecule has 0 radical (unpaired) electrons. The highest BCUT2D eigenvalue weighted by molar-refractivity contribution is 6.35. The fourth-order valence-electron chi connectivity index (χ4n) is 3.34. The van der Waals surface area contributed by atoms with Crippen LogP contribution < -0.4 is 5.32 Å². The average Bonchev–Trinajstić information content (AvgIpc) is 2.58. The Morgan fingerprint density at radius 1 is 1.03 bits per heavy atom. The lowest BCUT2D eigenvalue weighted by Gasteiger charge is -2.32. The molecule has 0 saturated heterocycles. The van der Waals surface area contributed by atoms with E-state index in [9.17, 15) is 9.59 Å². The minimum atomic E-state index is -0.658. The Labute approximate surface area is 189 Å². The fraction of sp³-hybridized carbons (Fsp3) is 0.417. The molecule has 30 heavy (non-hydrogen) atoms. The number of carbonyl (C=O) groups excluding carboxylic acids is 2. The Kier molecular flexibility index (Phi) is 7.95. The zero-order valence-electron chi connectivity index (χ0n) is 18.5. The highest BCUT2D eigenvalue weighted by Crippen LogP contribution is 2.24. The van der Waals surface area contributed by atoms with Crippen molar-refractivity contribution in [3.63, 3.8) is 0 Å². The Morgan fingerprint density at radius 3 is 2.17 bits per heavy atom. The Hall–Kier alpha value is -2.04. The zero-order chi connectivity index (χ0) is 22.6. The third kappa shape index (κ3) is 7.03. The van der Waals surface area contributed by atoms with Gasteiger partial charge in [0.25, 0.3) is 0 Å². The molecule has 0 aliphatic carbocycles. The van der Waals surface area contributed by atoms with Crippen molar-refractivity contribution in [2.45, 2.75) is 66.1 Å². The van der Waals surface area contributed by atoms with E-state index in [0.29, 0.717) is 10.0 Å². The molecule has 2 amide bonds. The van der Waals surface area contributed by atoms with Crippen molar-refractivity contribution in [3.05, 3.63) is 68.7 Å². The van der Waals surface area contributed by atoms with Gasteiger partial charge in [0, 0.05) is 22.1 Å². The molecule has 4 nitrogen and oxygen atoms in total. The van der Waals surface area contributed by atoms with Gasteiger partial charge in [0.2, 0.25) is 11.8 Å². The van der Waals surface area contributed by atoms with Crippen LogP contribution in [0.4, 0.5) is 0 Å². The van der Waals surface area contributed by atoms with Crippen molar-refractivity contribution in [2.75, 3.05) is 0 Å². The van der Waals surface area contributed by atoms with Crippen LogP contribution in [0, 0.1) is 13.8 Å². The van der Waals surface area contributed by atoms with Crippen LogP contribution in [0.2, 0.25) is 10.0 Å². The van der Waals surface area contributed by atoms with Crippen LogP contribution >= 0.6 is 23.2 Å². The number of hydrogen-bond donors (Lipinski definition) is 1. The molecule has 1 N–H and O–H groups in total. The number of nitrogens with zero attached hydrogens (tertiary/aromatic N) is 1. The molecule has 2 rings (SSSR count). The third-order valence-corrected chi connectivity index (χ3v) is 5.25. The first kappa shape index (κ1) is 24.2. The van der Waals surface area contributed by atoms with Gasteiger partial charge in [-0.3, -0.25) is 9.59 Å². The van der Waals surface area contributed by atoms with Gasteiger partial charge >= 0.3 is 0 Å². The van der Waals surface area contributed by atoms with Gasteiger partial charge in [-0.15, -0.1) is 0 Å². The first-order chi connectivity index (χ1) is 13.9. The van der Waals surface area contributed by atoms with Crippen LogP contribution in [0.3, 0.4) is 0 Å². The molecule has 0 aliphatic heterocycles. The Morgan fingerprint density at radius 2 is 1.63 bits per heavy atom. The second-order valence-corrected chi connectivity index (χ2v) is 9.69. The quantitative estimate of drug-likeness (QED) is 0.635. The van der Waals surface area contributed by atoms with E-state index in [-0.39, 0.29) is 24.8 Å². The number of halogens is 2. The summed E-state index contributed by atoms with van der Waals surface area (Å²) in [5, 5.41) is 3.95. The van der Waals surface area contributed by atoms with E-state index in [1.165, 1.54) is 0 Å². The smallest absolute Gasteiger partial charge is 0.242 e. The van der Waals surface area contributed by atoms with Crippen molar-refractivity contribution >= 4 is 35.0 Å². The molecule has 2 aromatic carbocycles. The molecule has 0 fully saturated rings. The van der Waals surface area contributed by atoms with Crippen LogP contribution in [-0.2, 0) is 22.6 Å². The van der Waals surface area contributed by atoms with Gasteiger partial charge in [0.15, 0.2) is 0 Å². The number of carbonyl (C=O) groups is 2. The number of nitrogens with one attached hydrogen (secondary N) is 1. The second-order valence-electron chi connectivity index (χ2n) is 8.85. The lowest BCUT2D eigenvalue weighted by molar-refractivity contribution is -0.140. The summed E-state index contributed by atoms with van der Waals surface area (Å²) in [7, 11) is 0. The summed E-state index contributed by atoms with van der Waals surface area (Å²) >= 11 is 12.4. The van der Waals surface area contributed by atoms with Gasteiger partial charge < -0.3 is 10.2 Å². The van der Waals surface area contributed by atoms with E-state index in [2.05, 4.69) is 11.4 Å². The summed E-state index contributed by atoms with van der Waals surface area (Å²) in [6, 6.07) is 10.6. The predicted molar refractivity (Wildman–Crippen MR) is 124 cm³/mol. The van der Waals surface area contributed by atoms with Gasteiger partial charge in [-0.25, -0.2) is 0 Å². The summed E-state index contributed by atoms with van der Waals surface area (Å²) < 4.78 is 0. The van der Waals surface area contributed by atoms with E-state index >= 15 is 0 Å². The summed E-state index contributed by atoms with van der Waals surface area (Å²) in [6.45, 7) is 11.7. The maximum atomic E-state index is 13.3. The van der Waals surface area contributed by atoms with Gasteiger partial charge in [0.05, 0.1) is 6.42 Å². The fourth-order valence-corrected chi connectivity index (χ4v) is 3.81. The molecule has 0 aliphatic rings. The molecule has 0 bridgehead atoms. The minimum Gasteiger partial charge on any atom is -0.350 e. The van der Waals surface area contributed by atoms with Gasteiger partial charge in [-0.2, -0.15) is 0 Å². The van der Waals surface area contributed by atoms with Gasteiger partial charge in [-0.1, -0.05) is 58.6 Å². The molecule has 0 aromatic heterocycles. The molecular weight excluding hydrogens is 419 g/mol. The van der Waals surface area contributed by atoms with Crippen LogP contribution in [0.1, 0.15) is 49.9 Å². The Bertz CT molecular complexity index is 915. The zero-order valence-corrected chi connectivity index (χ0v) is 20.0. The molecule has 0 saturated carbocycles. The lowest BCUT2D eigenvalue weighted by atomic mass is 10.0. The summed E-state index contributed by atoms with van der Waals surface area (Å²) in [4.78, 5) is 27.7. The number of benzene rings is 2. The normalized spacial score (nSPS) is 12.4. The molecule has 0 heterocycles. The highest BCUT2D eigenvalue weighted by atomic mass is 35.5. The topological polar surface area (TPSA) is 49.4 Å². The predicted octanol–water partition coefficient (Wildman–Crippen LogP) is 5.48. The second kappa shape index (κ2) is 9.84. The maximum absolute atomic E-state index is 13.3. The summed E-state index contributed by atoms with van der Waals surface area (Å²) in [5.41, 5.74) is 3.47. The summed E-state index contributed by atoms with van der Waals surface area (Å²) in [5.74, 6) is -0.344. The average molecular weight is 449 g/mol. The van der Waals surface area contributed by atoms with Crippen molar-refractivity contribution < 1.29 is 9.59 Å². The number of rotatable bonds is 6. The first-order valence-corrected chi connectivity index (χ1v) is 10.7. The Balaban J connectivity index is 2.33. The van der Waals surface area contributed by atoms with Crippen molar-refractivity contribution in [1.29, 1.82) is 0 Å². The maximum Gasteiger partial charge on any atom is 0.242 e. The monoisotopic (exact) mass is 448 g/mol. The van der Waals surface area contributed by atoms with Crippen LogP contribution in [-0.4, -0.2) is 28.3 Å². The molecular formula is C24H30Cl2N2O2. The lowest BCUT2D eigenvalue weighted by Crippen LogP contribution is -2.52. The van der Waals surface area contributed by atoms with Crippen molar-refractivity contribution in [1.82, 2.24) is 10.2 Å². The largest absolute Gasteiger partial charge is 0.350 e. The van der Waals surface area contributed by atoms with Crippen LogP contribution in [0.25, 0.3) is 0 Å². The van der Waals surface area contributed by atoms with Crippen LogP contribution in [0.15, 0.2) is 36.4 Å². The molecule has 162 valence electrons. The van der Waals surface area contributed by atoms with E-state index in [0.717, 1.165) is 22.3 Å². The molecule has 0 unspecified atom stereocenters.